The molecule has 0 aliphatic carbocycles. The third kappa shape index (κ3) is 5.16. The van der Waals surface area contributed by atoms with Gasteiger partial charge in [-0.05, 0) is 62.7 Å². The summed E-state index contributed by atoms with van der Waals surface area (Å²) in [6.45, 7) is 7.68. The molecule has 0 N–H and O–H groups in total. The molecule has 1 aromatic heterocycles. The first kappa shape index (κ1) is 18.2. The zero-order valence-corrected chi connectivity index (χ0v) is 15.7. The maximum absolute atomic E-state index is 5.97. The van der Waals surface area contributed by atoms with Gasteiger partial charge in [-0.25, -0.2) is 0 Å². The van der Waals surface area contributed by atoms with Crippen molar-refractivity contribution >= 4 is 11.6 Å². The summed E-state index contributed by atoms with van der Waals surface area (Å²) < 4.78 is 5.97. The van der Waals surface area contributed by atoms with Crippen molar-refractivity contribution in [3.05, 3.63) is 41.6 Å². The Bertz CT molecular complexity index is 660. The van der Waals surface area contributed by atoms with Gasteiger partial charge >= 0.3 is 0 Å². The fourth-order valence-electron chi connectivity index (χ4n) is 3.31. The van der Waals surface area contributed by atoms with E-state index in [9.17, 15) is 0 Å². The molecule has 0 radical (unpaired) electrons. The topological polar surface area (TPSA) is 38.3 Å². The maximum Gasteiger partial charge on any atom is 0.151 e. The van der Waals surface area contributed by atoms with E-state index in [1.54, 1.807) is 6.07 Å². The van der Waals surface area contributed by atoms with Crippen molar-refractivity contribution in [2.75, 3.05) is 19.7 Å². The fraction of sp³-hybridized carbons (Fsp3) is 0.500. The normalized spacial score (nSPS) is 19.6. The van der Waals surface area contributed by atoms with E-state index in [4.69, 9.17) is 16.3 Å². The number of ether oxygens (including phenoxy) is 1. The van der Waals surface area contributed by atoms with Crippen LogP contribution < -0.4 is 4.74 Å². The van der Waals surface area contributed by atoms with Crippen LogP contribution in [0.25, 0.3) is 11.3 Å². The summed E-state index contributed by atoms with van der Waals surface area (Å²) >= 11 is 5.78. The van der Waals surface area contributed by atoms with Crippen LogP contribution in [-0.4, -0.2) is 40.8 Å². The lowest BCUT2D eigenvalue weighted by Crippen LogP contribution is -2.41. The molecule has 5 heteroatoms. The number of aromatic nitrogens is 2. The Morgan fingerprint density at radius 3 is 2.64 bits per heavy atom. The van der Waals surface area contributed by atoms with Crippen LogP contribution in [0.4, 0.5) is 0 Å². The van der Waals surface area contributed by atoms with Crippen LogP contribution in [0.5, 0.6) is 5.75 Å². The molecule has 2 atom stereocenters. The second-order valence-corrected chi connectivity index (χ2v) is 7.41. The van der Waals surface area contributed by atoms with Crippen LogP contribution in [-0.2, 0) is 0 Å². The van der Waals surface area contributed by atoms with E-state index < -0.39 is 0 Å². The fourth-order valence-corrected chi connectivity index (χ4v) is 3.41. The van der Waals surface area contributed by atoms with Gasteiger partial charge in [0.2, 0.25) is 0 Å². The zero-order valence-electron chi connectivity index (χ0n) is 15.0. The Labute approximate surface area is 155 Å². The van der Waals surface area contributed by atoms with Crippen molar-refractivity contribution < 1.29 is 4.74 Å². The van der Waals surface area contributed by atoms with Gasteiger partial charge in [-0.2, -0.15) is 0 Å². The minimum absolute atomic E-state index is 0.403. The Hall–Kier alpha value is -1.65. The third-order valence-corrected chi connectivity index (χ3v) is 5.00. The van der Waals surface area contributed by atoms with Crippen LogP contribution in [0, 0.1) is 5.92 Å². The first-order chi connectivity index (χ1) is 12.1. The zero-order chi connectivity index (χ0) is 17.6. The van der Waals surface area contributed by atoms with Crippen LogP contribution in [0.15, 0.2) is 36.4 Å². The van der Waals surface area contributed by atoms with Gasteiger partial charge in [0.25, 0.3) is 0 Å². The molecule has 1 aliphatic heterocycles. The molecular formula is C20H26ClN3O. The highest BCUT2D eigenvalue weighted by Gasteiger charge is 2.20. The molecule has 1 aromatic carbocycles. The Balaban J connectivity index is 1.50. The highest BCUT2D eigenvalue weighted by atomic mass is 35.5. The molecule has 0 bridgehead atoms. The number of nitrogens with zero attached hydrogens (tertiary/aromatic N) is 3. The SMILES string of the molecule is CC(COc1ccc(-c2ccc(Cl)nn2)cc1)CN1CCCCC1C. The van der Waals surface area contributed by atoms with E-state index in [0.717, 1.165) is 30.2 Å². The molecule has 0 amide bonds. The number of hydrogen-bond acceptors (Lipinski definition) is 4. The Morgan fingerprint density at radius 1 is 1.16 bits per heavy atom. The monoisotopic (exact) mass is 359 g/mol. The summed E-state index contributed by atoms with van der Waals surface area (Å²) in [4.78, 5) is 2.60. The summed E-state index contributed by atoms with van der Waals surface area (Å²) in [5, 5.41) is 8.38. The number of likely N-dealkylation sites (tertiary alicyclic amines) is 1. The van der Waals surface area contributed by atoms with Crippen molar-refractivity contribution in [3.8, 4) is 17.0 Å². The van der Waals surface area contributed by atoms with Crippen molar-refractivity contribution in [1.29, 1.82) is 0 Å². The van der Waals surface area contributed by atoms with E-state index in [1.165, 1.54) is 25.8 Å². The lowest BCUT2D eigenvalue weighted by atomic mass is 10.0. The summed E-state index contributed by atoms with van der Waals surface area (Å²) in [6.07, 6.45) is 4.02. The summed E-state index contributed by atoms with van der Waals surface area (Å²) in [5.74, 6) is 1.41. The molecule has 4 nitrogen and oxygen atoms in total. The Kier molecular flexibility index (Phi) is 6.27. The molecule has 25 heavy (non-hydrogen) atoms. The van der Waals surface area contributed by atoms with Gasteiger partial charge < -0.3 is 9.64 Å². The largest absolute Gasteiger partial charge is 0.493 e. The second kappa shape index (κ2) is 8.63. The predicted octanol–water partition coefficient (Wildman–Crippen LogP) is 4.69. The van der Waals surface area contributed by atoms with Crippen LogP contribution in [0.3, 0.4) is 0 Å². The first-order valence-electron chi connectivity index (χ1n) is 9.08. The number of benzene rings is 1. The van der Waals surface area contributed by atoms with E-state index in [-0.39, 0.29) is 0 Å². The van der Waals surface area contributed by atoms with Gasteiger partial charge in [-0.3, -0.25) is 0 Å². The van der Waals surface area contributed by atoms with E-state index >= 15 is 0 Å². The smallest absolute Gasteiger partial charge is 0.151 e. The van der Waals surface area contributed by atoms with Crippen molar-refractivity contribution in [1.82, 2.24) is 15.1 Å². The number of rotatable bonds is 6. The molecule has 0 saturated carbocycles. The highest BCUT2D eigenvalue weighted by Crippen LogP contribution is 2.22. The van der Waals surface area contributed by atoms with E-state index in [1.807, 2.05) is 30.3 Å². The van der Waals surface area contributed by atoms with Crippen LogP contribution >= 0.6 is 11.6 Å². The lowest BCUT2D eigenvalue weighted by molar-refractivity contribution is 0.121. The van der Waals surface area contributed by atoms with Crippen molar-refractivity contribution in [3.63, 3.8) is 0 Å². The molecule has 134 valence electrons. The van der Waals surface area contributed by atoms with Gasteiger partial charge in [0, 0.05) is 24.1 Å². The maximum atomic E-state index is 5.97. The number of halogens is 1. The molecular weight excluding hydrogens is 334 g/mol. The first-order valence-corrected chi connectivity index (χ1v) is 9.46. The van der Waals surface area contributed by atoms with Gasteiger partial charge in [0.05, 0.1) is 12.3 Å². The molecule has 2 heterocycles. The van der Waals surface area contributed by atoms with Gasteiger partial charge in [-0.15, -0.1) is 10.2 Å². The molecule has 2 unspecified atom stereocenters. The molecule has 2 aromatic rings. The highest BCUT2D eigenvalue weighted by molar-refractivity contribution is 6.29. The molecule has 1 saturated heterocycles. The van der Waals surface area contributed by atoms with Crippen LogP contribution in [0.2, 0.25) is 5.15 Å². The van der Waals surface area contributed by atoms with Gasteiger partial charge in [-0.1, -0.05) is 24.9 Å². The van der Waals surface area contributed by atoms with Gasteiger partial charge in [0.1, 0.15) is 5.75 Å². The predicted molar refractivity (Wildman–Crippen MR) is 102 cm³/mol. The molecule has 0 spiro atoms. The molecule has 1 aliphatic rings. The average molecular weight is 360 g/mol. The lowest BCUT2D eigenvalue weighted by Gasteiger charge is -2.35. The quantitative estimate of drug-likeness (QED) is 0.750. The molecule has 1 fully saturated rings. The van der Waals surface area contributed by atoms with E-state index in [2.05, 4.69) is 28.9 Å². The minimum Gasteiger partial charge on any atom is -0.493 e. The summed E-state index contributed by atoms with van der Waals surface area (Å²) in [7, 11) is 0. The summed E-state index contributed by atoms with van der Waals surface area (Å²) in [6, 6.07) is 12.3. The van der Waals surface area contributed by atoms with Crippen molar-refractivity contribution in [2.45, 2.75) is 39.2 Å². The standard InChI is InChI=1S/C20H26ClN3O/c1-15(13-24-12-4-3-5-16(24)2)14-25-18-8-6-17(7-9-18)19-10-11-20(21)23-22-19/h6-11,15-16H,3-5,12-14H2,1-2H3. The second-order valence-electron chi connectivity index (χ2n) is 7.02. The average Bonchev–Trinajstić information content (AvgIpc) is 2.63. The van der Waals surface area contributed by atoms with Crippen LogP contribution in [0.1, 0.15) is 33.1 Å². The minimum atomic E-state index is 0.403. The van der Waals surface area contributed by atoms with Gasteiger partial charge in [0.15, 0.2) is 5.15 Å². The Morgan fingerprint density at radius 2 is 1.96 bits per heavy atom. The van der Waals surface area contributed by atoms with Crippen molar-refractivity contribution in [2.24, 2.45) is 5.92 Å². The summed E-state index contributed by atoms with van der Waals surface area (Å²) in [5.41, 5.74) is 1.81. The molecule has 3 rings (SSSR count). The van der Waals surface area contributed by atoms with E-state index in [0.29, 0.717) is 17.1 Å². The third-order valence-electron chi connectivity index (χ3n) is 4.80. The number of piperidine rings is 1. The number of hydrogen-bond donors (Lipinski definition) is 0.